The number of carboxylic acids is 1. The standard InChI is InChI=1S/C18H22N2O3S/c1-13-15(24-12-19-13)10-20-8-7-18(17(22)23,16(21)11-20)9-14-5-3-2-4-6-14/h2-6,12,16,21H,7-11H2,1H3,(H,22,23)/t16-,18+/m0/s1. The van der Waals surface area contributed by atoms with E-state index in [0.29, 0.717) is 32.5 Å². The van der Waals surface area contributed by atoms with Crippen molar-refractivity contribution >= 4 is 17.3 Å². The molecule has 0 aliphatic carbocycles. The summed E-state index contributed by atoms with van der Waals surface area (Å²) in [5.41, 5.74) is 2.67. The Bertz CT molecular complexity index is 703. The van der Waals surface area contributed by atoms with Crippen molar-refractivity contribution in [2.45, 2.75) is 32.4 Å². The summed E-state index contributed by atoms with van der Waals surface area (Å²) in [4.78, 5) is 19.5. The van der Waals surface area contributed by atoms with E-state index in [0.717, 1.165) is 11.3 Å². The van der Waals surface area contributed by atoms with Gasteiger partial charge < -0.3 is 10.2 Å². The molecule has 1 fully saturated rings. The third-order valence-electron chi connectivity index (χ3n) is 4.94. The molecular formula is C18H22N2O3S. The molecule has 24 heavy (non-hydrogen) atoms. The van der Waals surface area contributed by atoms with Crippen LogP contribution in [-0.2, 0) is 17.8 Å². The monoisotopic (exact) mass is 346 g/mol. The molecule has 2 N–H and O–H groups in total. The van der Waals surface area contributed by atoms with Gasteiger partial charge in [-0.3, -0.25) is 9.69 Å². The lowest BCUT2D eigenvalue weighted by atomic mass is 9.71. The molecule has 0 unspecified atom stereocenters. The minimum absolute atomic E-state index is 0.359. The van der Waals surface area contributed by atoms with Crippen LogP contribution in [0.2, 0.25) is 0 Å². The van der Waals surface area contributed by atoms with Crippen molar-refractivity contribution in [2.24, 2.45) is 5.41 Å². The van der Waals surface area contributed by atoms with Gasteiger partial charge in [0.25, 0.3) is 0 Å². The number of piperidine rings is 1. The highest BCUT2D eigenvalue weighted by molar-refractivity contribution is 7.09. The van der Waals surface area contributed by atoms with E-state index in [-0.39, 0.29) is 0 Å². The fourth-order valence-corrected chi connectivity index (χ4v) is 4.17. The van der Waals surface area contributed by atoms with Crippen molar-refractivity contribution in [3.8, 4) is 0 Å². The number of aromatic nitrogens is 1. The molecule has 0 spiro atoms. The molecule has 2 atom stereocenters. The highest BCUT2D eigenvalue weighted by atomic mass is 32.1. The second-order valence-corrected chi connectivity index (χ2v) is 7.42. The molecule has 2 aromatic rings. The number of thiazole rings is 1. The second-order valence-electron chi connectivity index (χ2n) is 6.49. The van der Waals surface area contributed by atoms with Gasteiger partial charge in [-0.2, -0.15) is 0 Å². The first-order valence-electron chi connectivity index (χ1n) is 8.08. The predicted molar refractivity (Wildman–Crippen MR) is 93.0 cm³/mol. The van der Waals surface area contributed by atoms with Crippen LogP contribution >= 0.6 is 11.3 Å². The summed E-state index contributed by atoms with van der Waals surface area (Å²) in [5.74, 6) is -0.910. The first-order valence-corrected chi connectivity index (χ1v) is 8.96. The Labute approximate surface area is 145 Å². The van der Waals surface area contributed by atoms with E-state index < -0.39 is 17.5 Å². The number of carbonyl (C=O) groups is 1. The Morgan fingerprint density at radius 3 is 2.75 bits per heavy atom. The molecule has 3 rings (SSSR count). The number of aliphatic hydroxyl groups is 1. The third-order valence-corrected chi connectivity index (χ3v) is 5.86. The summed E-state index contributed by atoms with van der Waals surface area (Å²) in [6.07, 6.45) is -0.0919. The average Bonchev–Trinajstić information content (AvgIpc) is 2.96. The first-order chi connectivity index (χ1) is 11.5. The maximum absolute atomic E-state index is 12.0. The van der Waals surface area contributed by atoms with Crippen LogP contribution in [0.4, 0.5) is 0 Å². The topological polar surface area (TPSA) is 73.7 Å². The molecule has 1 saturated heterocycles. The van der Waals surface area contributed by atoms with Crippen molar-refractivity contribution < 1.29 is 15.0 Å². The molecule has 1 aliphatic rings. The third kappa shape index (κ3) is 3.36. The van der Waals surface area contributed by atoms with Crippen LogP contribution in [0.3, 0.4) is 0 Å². The van der Waals surface area contributed by atoms with Gasteiger partial charge in [-0.25, -0.2) is 4.98 Å². The summed E-state index contributed by atoms with van der Waals surface area (Å²) >= 11 is 1.60. The molecule has 0 radical (unpaired) electrons. The lowest BCUT2D eigenvalue weighted by Gasteiger charge is -2.42. The largest absolute Gasteiger partial charge is 0.481 e. The van der Waals surface area contributed by atoms with Crippen molar-refractivity contribution in [3.05, 3.63) is 52.0 Å². The van der Waals surface area contributed by atoms with E-state index in [9.17, 15) is 15.0 Å². The number of hydrogen-bond acceptors (Lipinski definition) is 5. The summed E-state index contributed by atoms with van der Waals surface area (Å²) in [6, 6.07) is 9.56. The maximum Gasteiger partial charge on any atom is 0.312 e. The Balaban J connectivity index is 1.74. The number of aryl methyl sites for hydroxylation is 1. The summed E-state index contributed by atoms with van der Waals surface area (Å²) in [5, 5.41) is 20.5. The SMILES string of the molecule is Cc1ncsc1CN1CC[C@](Cc2ccccc2)(C(=O)O)[C@@H](O)C1. The van der Waals surface area contributed by atoms with Crippen molar-refractivity contribution in [3.63, 3.8) is 0 Å². The van der Waals surface area contributed by atoms with Gasteiger partial charge in [0.1, 0.15) is 5.41 Å². The van der Waals surface area contributed by atoms with Crippen molar-refractivity contribution in [1.29, 1.82) is 0 Å². The quantitative estimate of drug-likeness (QED) is 0.869. The van der Waals surface area contributed by atoms with Gasteiger partial charge in [-0.15, -0.1) is 11.3 Å². The number of aliphatic carboxylic acids is 1. The van der Waals surface area contributed by atoms with E-state index in [2.05, 4.69) is 9.88 Å². The molecule has 2 heterocycles. The minimum atomic E-state index is -1.11. The Kier molecular flexibility index (Phi) is 4.99. The Hall–Kier alpha value is -1.76. The van der Waals surface area contributed by atoms with Gasteiger partial charge in [0.05, 0.1) is 17.3 Å². The van der Waals surface area contributed by atoms with Crippen LogP contribution < -0.4 is 0 Å². The zero-order valence-electron chi connectivity index (χ0n) is 13.7. The van der Waals surface area contributed by atoms with Crippen LogP contribution in [-0.4, -0.2) is 45.3 Å². The van der Waals surface area contributed by atoms with Crippen LogP contribution in [0.1, 0.15) is 22.6 Å². The highest BCUT2D eigenvalue weighted by Gasteiger charge is 2.48. The van der Waals surface area contributed by atoms with Crippen LogP contribution in [0.5, 0.6) is 0 Å². The number of hydrogen-bond donors (Lipinski definition) is 2. The first kappa shape index (κ1) is 17.1. The van der Waals surface area contributed by atoms with Gasteiger partial charge >= 0.3 is 5.97 Å². The average molecular weight is 346 g/mol. The number of rotatable bonds is 5. The lowest BCUT2D eigenvalue weighted by molar-refractivity contribution is -0.163. The molecule has 0 amide bonds. The zero-order valence-corrected chi connectivity index (χ0v) is 14.5. The molecule has 1 aromatic heterocycles. The number of β-amino-alcohol motifs (C(OH)–C–C–N with tert-alkyl or cyclic N) is 1. The van der Waals surface area contributed by atoms with Gasteiger partial charge in [-0.05, 0) is 31.9 Å². The molecule has 6 heteroatoms. The molecule has 128 valence electrons. The fraction of sp³-hybridized carbons (Fsp3) is 0.444. The van der Waals surface area contributed by atoms with Crippen LogP contribution in [0, 0.1) is 12.3 Å². The molecule has 0 bridgehead atoms. The van der Waals surface area contributed by atoms with Gasteiger partial charge in [-0.1, -0.05) is 30.3 Å². The van der Waals surface area contributed by atoms with Crippen molar-refractivity contribution in [2.75, 3.05) is 13.1 Å². The maximum atomic E-state index is 12.0. The minimum Gasteiger partial charge on any atom is -0.481 e. The molecule has 5 nitrogen and oxygen atoms in total. The smallest absolute Gasteiger partial charge is 0.312 e. The van der Waals surface area contributed by atoms with E-state index >= 15 is 0 Å². The van der Waals surface area contributed by atoms with Crippen molar-refractivity contribution in [1.82, 2.24) is 9.88 Å². The van der Waals surface area contributed by atoms with Crippen LogP contribution in [0.15, 0.2) is 35.8 Å². The van der Waals surface area contributed by atoms with E-state index in [1.165, 1.54) is 4.88 Å². The van der Waals surface area contributed by atoms with E-state index in [1.54, 1.807) is 11.3 Å². The Morgan fingerprint density at radius 1 is 1.42 bits per heavy atom. The molecule has 0 saturated carbocycles. The lowest BCUT2D eigenvalue weighted by Crippen LogP contribution is -2.55. The molecule has 1 aliphatic heterocycles. The fourth-order valence-electron chi connectivity index (χ4n) is 3.35. The predicted octanol–water partition coefficient (Wildman–Crippen LogP) is 2.33. The summed E-state index contributed by atoms with van der Waals surface area (Å²) in [6.45, 7) is 3.72. The Morgan fingerprint density at radius 2 is 2.17 bits per heavy atom. The number of carboxylic acid groups (broad SMARTS) is 1. The number of benzene rings is 1. The van der Waals surface area contributed by atoms with Gasteiger partial charge in [0.2, 0.25) is 0 Å². The van der Waals surface area contributed by atoms with Crippen LogP contribution in [0.25, 0.3) is 0 Å². The second kappa shape index (κ2) is 7.01. The molecular weight excluding hydrogens is 324 g/mol. The van der Waals surface area contributed by atoms with E-state index in [4.69, 9.17) is 0 Å². The number of aliphatic hydroxyl groups excluding tert-OH is 1. The molecule has 1 aromatic carbocycles. The number of likely N-dealkylation sites (tertiary alicyclic amines) is 1. The highest BCUT2D eigenvalue weighted by Crippen LogP contribution is 2.36. The van der Waals surface area contributed by atoms with E-state index in [1.807, 2.05) is 42.8 Å². The number of nitrogens with zero attached hydrogens (tertiary/aromatic N) is 2. The van der Waals surface area contributed by atoms with Gasteiger partial charge in [0, 0.05) is 18.0 Å². The summed E-state index contributed by atoms with van der Waals surface area (Å²) < 4.78 is 0. The van der Waals surface area contributed by atoms with Gasteiger partial charge in [0.15, 0.2) is 0 Å². The zero-order chi connectivity index (χ0) is 17.2. The normalized spacial score (nSPS) is 24.8. The summed E-state index contributed by atoms with van der Waals surface area (Å²) in [7, 11) is 0.